The molecule has 0 aliphatic heterocycles. The van der Waals surface area contributed by atoms with Gasteiger partial charge in [0.15, 0.2) is 5.16 Å². The SMILES string of the molecule is COc1cc(C(C)(C)c2cnc(SCc3c(F)cc(S(=O)(=O)NCCS(=O)(=O)O)cc3Cl)n2-c2ccc(F)cc2)ccc1Cl. The molecule has 3 aromatic carbocycles. The van der Waals surface area contributed by atoms with Crippen molar-refractivity contribution in [2.75, 3.05) is 19.4 Å². The zero-order valence-corrected chi connectivity index (χ0v) is 27.5. The van der Waals surface area contributed by atoms with Crippen molar-refractivity contribution >= 4 is 55.1 Å². The number of imidazole rings is 1. The predicted octanol–water partition coefficient (Wildman–Crippen LogP) is 6.25. The number of rotatable bonds is 12. The summed E-state index contributed by atoms with van der Waals surface area (Å²) in [7, 11) is -7.22. The third kappa shape index (κ3) is 7.73. The van der Waals surface area contributed by atoms with E-state index in [1.807, 2.05) is 35.3 Å². The quantitative estimate of drug-likeness (QED) is 0.131. The van der Waals surface area contributed by atoms with E-state index in [-0.39, 0.29) is 16.3 Å². The topological polar surface area (TPSA) is 128 Å². The van der Waals surface area contributed by atoms with Crippen LogP contribution in [-0.2, 0) is 31.3 Å². The Kier molecular flexibility index (Phi) is 10.3. The highest BCUT2D eigenvalue weighted by Crippen LogP contribution is 2.40. The lowest BCUT2D eigenvalue weighted by molar-refractivity contribution is 0.413. The number of sulfonamides is 1. The first-order valence-corrected chi connectivity index (χ1v) is 17.6. The Morgan fingerprint density at radius 3 is 2.32 bits per heavy atom. The highest BCUT2D eigenvalue weighted by molar-refractivity contribution is 7.98. The molecular formula is C28H27Cl2F2N3O6S3. The van der Waals surface area contributed by atoms with Crippen molar-refractivity contribution in [2.45, 2.75) is 35.1 Å². The van der Waals surface area contributed by atoms with Gasteiger partial charge in [-0.25, -0.2) is 26.9 Å². The van der Waals surface area contributed by atoms with E-state index in [0.29, 0.717) is 21.6 Å². The number of methoxy groups -OCH3 is 1. The summed E-state index contributed by atoms with van der Waals surface area (Å²) in [4.78, 5) is 4.07. The maximum atomic E-state index is 15.2. The molecule has 16 heteroatoms. The molecule has 1 aromatic heterocycles. The monoisotopic (exact) mass is 705 g/mol. The smallest absolute Gasteiger partial charge is 0.266 e. The average Bonchev–Trinajstić information content (AvgIpc) is 3.37. The number of hydrogen-bond donors (Lipinski definition) is 2. The van der Waals surface area contributed by atoms with Crippen LogP contribution in [0.25, 0.3) is 5.69 Å². The fourth-order valence-corrected chi connectivity index (χ4v) is 7.51. The Bertz CT molecular complexity index is 1880. The second kappa shape index (κ2) is 13.3. The molecule has 0 atom stereocenters. The summed E-state index contributed by atoms with van der Waals surface area (Å²) < 4.78 is 94.0. The van der Waals surface area contributed by atoms with Crippen molar-refractivity contribution in [1.29, 1.82) is 0 Å². The standard InChI is InChI=1S/C28H27Cl2F2N3O6S3/c1-28(2,17-4-9-22(29)25(12-17)41-3)26-15-33-27(35(26)19-7-5-18(31)6-8-19)42-16-21-23(30)13-20(14-24(21)32)44(39,40)34-10-11-43(36,37)38/h4-9,12-15,34H,10-11,16H2,1-3H3,(H,36,37,38). The molecule has 4 aromatic rings. The van der Waals surface area contributed by atoms with Crippen LogP contribution >= 0.6 is 35.0 Å². The lowest BCUT2D eigenvalue weighted by atomic mass is 9.81. The molecular weight excluding hydrogens is 679 g/mol. The maximum absolute atomic E-state index is 15.2. The van der Waals surface area contributed by atoms with Crippen molar-refractivity contribution in [1.82, 2.24) is 14.3 Å². The molecule has 0 radical (unpaired) electrons. The highest BCUT2D eigenvalue weighted by atomic mass is 35.5. The number of hydrogen-bond acceptors (Lipinski definition) is 7. The molecule has 9 nitrogen and oxygen atoms in total. The fourth-order valence-electron chi connectivity index (χ4n) is 4.31. The Morgan fingerprint density at radius 1 is 1.02 bits per heavy atom. The average molecular weight is 707 g/mol. The van der Waals surface area contributed by atoms with Crippen LogP contribution in [0.4, 0.5) is 8.78 Å². The van der Waals surface area contributed by atoms with Gasteiger partial charge < -0.3 is 4.74 Å². The largest absolute Gasteiger partial charge is 0.495 e. The second-order valence-electron chi connectivity index (χ2n) is 10.1. The van der Waals surface area contributed by atoms with E-state index in [9.17, 15) is 21.2 Å². The number of benzene rings is 3. The molecule has 1 heterocycles. The van der Waals surface area contributed by atoms with Crippen LogP contribution in [-0.4, -0.2) is 50.3 Å². The minimum Gasteiger partial charge on any atom is -0.495 e. The van der Waals surface area contributed by atoms with E-state index in [4.69, 9.17) is 32.5 Å². The van der Waals surface area contributed by atoms with Gasteiger partial charge in [-0.2, -0.15) is 8.42 Å². The van der Waals surface area contributed by atoms with Crippen LogP contribution in [0.3, 0.4) is 0 Å². The van der Waals surface area contributed by atoms with Gasteiger partial charge in [0.05, 0.1) is 34.7 Å². The zero-order chi connectivity index (χ0) is 32.4. The van der Waals surface area contributed by atoms with Crippen LogP contribution in [0.15, 0.2) is 70.8 Å². The summed E-state index contributed by atoms with van der Waals surface area (Å²) in [5.74, 6) is -1.75. The van der Waals surface area contributed by atoms with Gasteiger partial charge in [-0.3, -0.25) is 9.12 Å². The zero-order valence-electron chi connectivity index (χ0n) is 23.5. The van der Waals surface area contributed by atoms with Gasteiger partial charge in [-0.15, -0.1) is 0 Å². The van der Waals surface area contributed by atoms with Gasteiger partial charge in [0, 0.05) is 34.0 Å². The fraction of sp³-hybridized carbons (Fsp3) is 0.250. The first-order valence-electron chi connectivity index (χ1n) is 12.8. The van der Waals surface area contributed by atoms with E-state index in [2.05, 4.69) is 4.98 Å². The van der Waals surface area contributed by atoms with Crippen molar-refractivity contribution in [3.05, 3.63) is 99.3 Å². The van der Waals surface area contributed by atoms with Gasteiger partial charge in [-0.1, -0.05) is 54.9 Å². The summed E-state index contributed by atoms with van der Waals surface area (Å²) >= 11 is 13.7. The minimum atomic E-state index is -4.41. The van der Waals surface area contributed by atoms with Crippen LogP contribution in [0.5, 0.6) is 5.75 Å². The molecule has 0 spiro atoms. The van der Waals surface area contributed by atoms with Crippen molar-refractivity contribution < 1.29 is 34.9 Å². The van der Waals surface area contributed by atoms with E-state index in [1.54, 1.807) is 24.4 Å². The number of ether oxygens (including phenoxy) is 1. The third-order valence-corrected chi connectivity index (χ3v) is 10.5. The number of nitrogens with zero attached hydrogens (tertiary/aromatic N) is 2. The molecule has 0 bridgehead atoms. The number of thioether (sulfide) groups is 1. The van der Waals surface area contributed by atoms with Crippen LogP contribution in [0.1, 0.15) is 30.7 Å². The Labute approximate surface area is 268 Å². The molecule has 0 unspecified atom stereocenters. The maximum Gasteiger partial charge on any atom is 0.266 e. The van der Waals surface area contributed by atoms with Gasteiger partial charge in [-0.05, 0) is 54.1 Å². The summed E-state index contributed by atoms with van der Waals surface area (Å²) in [5, 5.41) is 0.697. The minimum absolute atomic E-state index is 0.00505. The third-order valence-electron chi connectivity index (χ3n) is 6.75. The molecule has 4 rings (SSSR count). The lowest BCUT2D eigenvalue weighted by Crippen LogP contribution is -2.29. The Hall–Kier alpha value is -2.72. The van der Waals surface area contributed by atoms with Crippen molar-refractivity contribution in [2.24, 2.45) is 0 Å². The number of aromatic nitrogens is 2. The Morgan fingerprint density at radius 2 is 1.70 bits per heavy atom. The molecule has 236 valence electrons. The summed E-state index contributed by atoms with van der Waals surface area (Å²) in [6, 6.07) is 13.0. The molecule has 0 saturated heterocycles. The predicted molar refractivity (Wildman–Crippen MR) is 166 cm³/mol. The van der Waals surface area contributed by atoms with E-state index in [0.717, 1.165) is 35.2 Å². The number of nitrogens with one attached hydrogen (secondary N) is 1. The van der Waals surface area contributed by atoms with Crippen LogP contribution in [0.2, 0.25) is 10.0 Å². The Balaban J connectivity index is 1.68. The normalized spacial score (nSPS) is 12.5. The molecule has 0 fully saturated rings. The lowest BCUT2D eigenvalue weighted by Gasteiger charge is -2.28. The first kappa shape index (κ1) is 34.2. The summed E-state index contributed by atoms with van der Waals surface area (Å²) in [6.45, 7) is 3.33. The molecule has 0 saturated carbocycles. The summed E-state index contributed by atoms with van der Waals surface area (Å²) in [6.07, 6.45) is 1.67. The second-order valence-corrected chi connectivity index (χ2v) is 15.1. The van der Waals surface area contributed by atoms with Gasteiger partial charge in [0.25, 0.3) is 10.1 Å². The molecule has 2 N–H and O–H groups in total. The first-order chi connectivity index (χ1) is 20.5. The van der Waals surface area contributed by atoms with E-state index < -0.39 is 54.4 Å². The van der Waals surface area contributed by atoms with Gasteiger partial charge >= 0.3 is 0 Å². The van der Waals surface area contributed by atoms with Gasteiger partial charge in [0.1, 0.15) is 17.4 Å². The van der Waals surface area contributed by atoms with E-state index in [1.165, 1.54) is 19.2 Å². The van der Waals surface area contributed by atoms with Crippen LogP contribution < -0.4 is 9.46 Å². The van der Waals surface area contributed by atoms with Crippen LogP contribution in [0, 0.1) is 11.6 Å². The van der Waals surface area contributed by atoms with Crippen molar-refractivity contribution in [3.63, 3.8) is 0 Å². The molecule has 0 amide bonds. The van der Waals surface area contributed by atoms with E-state index >= 15 is 4.39 Å². The van der Waals surface area contributed by atoms with Crippen molar-refractivity contribution in [3.8, 4) is 11.4 Å². The molecule has 0 aliphatic carbocycles. The molecule has 44 heavy (non-hydrogen) atoms. The van der Waals surface area contributed by atoms with Gasteiger partial charge in [0.2, 0.25) is 10.0 Å². The highest BCUT2D eigenvalue weighted by Gasteiger charge is 2.31. The summed E-state index contributed by atoms with van der Waals surface area (Å²) in [5.41, 5.74) is 1.51. The molecule has 0 aliphatic rings. The number of halogens is 4.